The predicted octanol–water partition coefficient (Wildman–Crippen LogP) is 0.731. The van der Waals surface area contributed by atoms with Crippen molar-refractivity contribution in [3.63, 3.8) is 0 Å². The molecule has 3 N–H and O–H groups in total. The van der Waals surface area contributed by atoms with E-state index in [-0.39, 0.29) is 5.75 Å². The highest BCUT2D eigenvalue weighted by Gasteiger charge is 2.11. The zero-order valence-electron chi connectivity index (χ0n) is 11.1. The molecule has 0 saturated carbocycles. The summed E-state index contributed by atoms with van der Waals surface area (Å²) in [5.41, 5.74) is 0.667. The number of nitrogens with zero attached hydrogens (tertiary/aromatic N) is 1. The molecule has 0 aliphatic carbocycles. The van der Waals surface area contributed by atoms with Gasteiger partial charge in [-0.3, -0.25) is 4.90 Å². The highest BCUT2D eigenvalue weighted by atomic mass is 16.5. The van der Waals surface area contributed by atoms with E-state index in [0.717, 1.165) is 32.3 Å². The number of carboxylic acids is 1. The van der Waals surface area contributed by atoms with Crippen LogP contribution in [0.5, 0.6) is 11.5 Å². The number of rotatable bonds is 5. The standard InChI is InChI=1S/C14H18N2O4/c17-12-3-1-11(2-4-14(18)19)9-13(12)20-10-16-7-5-15-6-8-16/h1-4,9,15,17H,5-8,10H2,(H,18,19)/b4-2+. The van der Waals surface area contributed by atoms with Crippen LogP contribution in [0.3, 0.4) is 0 Å². The third-order valence-corrected chi connectivity index (χ3v) is 3.01. The predicted molar refractivity (Wildman–Crippen MR) is 74.7 cm³/mol. The molecular weight excluding hydrogens is 260 g/mol. The van der Waals surface area contributed by atoms with Crippen molar-refractivity contribution in [2.45, 2.75) is 0 Å². The lowest BCUT2D eigenvalue weighted by atomic mass is 10.2. The van der Waals surface area contributed by atoms with Gasteiger partial charge in [0.2, 0.25) is 0 Å². The van der Waals surface area contributed by atoms with E-state index in [2.05, 4.69) is 10.2 Å². The van der Waals surface area contributed by atoms with Gasteiger partial charge < -0.3 is 20.3 Å². The molecule has 108 valence electrons. The van der Waals surface area contributed by atoms with Crippen molar-refractivity contribution in [1.82, 2.24) is 10.2 Å². The van der Waals surface area contributed by atoms with Gasteiger partial charge >= 0.3 is 5.97 Å². The summed E-state index contributed by atoms with van der Waals surface area (Å²) in [7, 11) is 0. The molecule has 1 aromatic carbocycles. The molecule has 1 heterocycles. The second-order valence-electron chi connectivity index (χ2n) is 4.54. The van der Waals surface area contributed by atoms with Gasteiger partial charge in [0.15, 0.2) is 11.5 Å². The molecule has 1 fully saturated rings. The molecule has 0 spiro atoms. The van der Waals surface area contributed by atoms with Gasteiger partial charge in [0.05, 0.1) is 0 Å². The molecule has 0 unspecified atom stereocenters. The Morgan fingerprint density at radius 1 is 1.40 bits per heavy atom. The van der Waals surface area contributed by atoms with Crippen LogP contribution < -0.4 is 10.1 Å². The number of phenols is 1. The zero-order chi connectivity index (χ0) is 14.4. The summed E-state index contributed by atoms with van der Waals surface area (Å²) in [5, 5.41) is 21.6. The summed E-state index contributed by atoms with van der Waals surface area (Å²) in [6, 6.07) is 4.75. The minimum absolute atomic E-state index is 0.0487. The van der Waals surface area contributed by atoms with Crippen molar-refractivity contribution in [3.05, 3.63) is 29.8 Å². The minimum Gasteiger partial charge on any atom is -0.504 e. The molecule has 6 heteroatoms. The van der Waals surface area contributed by atoms with E-state index in [1.807, 2.05) is 0 Å². The summed E-state index contributed by atoms with van der Waals surface area (Å²) in [5.74, 6) is -0.606. The minimum atomic E-state index is -1.01. The van der Waals surface area contributed by atoms with Gasteiger partial charge in [0, 0.05) is 32.3 Å². The number of ether oxygens (including phenoxy) is 1. The quantitative estimate of drug-likeness (QED) is 0.689. The van der Waals surface area contributed by atoms with Crippen molar-refractivity contribution in [2.75, 3.05) is 32.9 Å². The van der Waals surface area contributed by atoms with E-state index in [0.29, 0.717) is 18.0 Å². The molecule has 1 aromatic rings. The third-order valence-electron chi connectivity index (χ3n) is 3.01. The molecule has 2 rings (SSSR count). The second-order valence-corrected chi connectivity index (χ2v) is 4.54. The fourth-order valence-electron chi connectivity index (χ4n) is 1.92. The third kappa shape index (κ3) is 4.25. The van der Waals surface area contributed by atoms with Gasteiger partial charge in [-0.2, -0.15) is 0 Å². The van der Waals surface area contributed by atoms with Crippen LogP contribution in [0.25, 0.3) is 6.08 Å². The molecule has 1 aliphatic heterocycles. The second kappa shape index (κ2) is 6.93. The lowest BCUT2D eigenvalue weighted by Crippen LogP contribution is -2.44. The number of aliphatic carboxylic acids is 1. The van der Waals surface area contributed by atoms with E-state index < -0.39 is 5.97 Å². The van der Waals surface area contributed by atoms with Crippen molar-refractivity contribution < 1.29 is 19.7 Å². The summed E-state index contributed by atoms with van der Waals surface area (Å²) < 4.78 is 5.59. The highest BCUT2D eigenvalue weighted by molar-refractivity contribution is 5.85. The first-order chi connectivity index (χ1) is 9.65. The smallest absolute Gasteiger partial charge is 0.328 e. The Labute approximate surface area is 117 Å². The van der Waals surface area contributed by atoms with Crippen LogP contribution in [0, 0.1) is 0 Å². The van der Waals surface area contributed by atoms with E-state index in [1.54, 1.807) is 12.1 Å². The van der Waals surface area contributed by atoms with Gasteiger partial charge in [0.1, 0.15) is 6.73 Å². The van der Waals surface area contributed by atoms with Crippen LogP contribution in [0.2, 0.25) is 0 Å². The van der Waals surface area contributed by atoms with Gasteiger partial charge in [-0.15, -0.1) is 0 Å². The van der Waals surface area contributed by atoms with E-state index in [4.69, 9.17) is 9.84 Å². The summed E-state index contributed by atoms with van der Waals surface area (Å²) in [6.07, 6.45) is 2.51. The molecule has 1 aliphatic rings. The lowest BCUT2D eigenvalue weighted by Gasteiger charge is -2.27. The SMILES string of the molecule is O=C(O)/C=C/c1ccc(O)c(OCN2CCNCC2)c1. The largest absolute Gasteiger partial charge is 0.504 e. The fraction of sp³-hybridized carbons (Fsp3) is 0.357. The molecule has 6 nitrogen and oxygen atoms in total. The normalized spacial score (nSPS) is 16.4. The Hall–Kier alpha value is -2.05. The average Bonchev–Trinajstić information content (AvgIpc) is 2.46. The van der Waals surface area contributed by atoms with Crippen molar-refractivity contribution in [2.24, 2.45) is 0 Å². The van der Waals surface area contributed by atoms with Crippen LogP contribution in [-0.2, 0) is 4.79 Å². The summed E-state index contributed by atoms with van der Waals surface area (Å²) >= 11 is 0. The number of carbonyl (C=O) groups is 1. The molecule has 1 saturated heterocycles. The van der Waals surface area contributed by atoms with Gasteiger partial charge in [0.25, 0.3) is 0 Å². The summed E-state index contributed by atoms with van der Waals surface area (Å²) in [4.78, 5) is 12.6. The molecule has 0 atom stereocenters. The van der Waals surface area contributed by atoms with E-state index in [9.17, 15) is 9.90 Å². The molecule has 0 amide bonds. The number of piperazine rings is 1. The Kier molecular flexibility index (Phi) is 4.97. The van der Waals surface area contributed by atoms with E-state index >= 15 is 0 Å². The number of benzene rings is 1. The number of nitrogens with one attached hydrogen (secondary N) is 1. The first kappa shape index (κ1) is 14.4. The number of aromatic hydroxyl groups is 1. The Morgan fingerprint density at radius 2 is 2.15 bits per heavy atom. The zero-order valence-corrected chi connectivity index (χ0v) is 11.1. The fourth-order valence-corrected chi connectivity index (χ4v) is 1.92. The van der Waals surface area contributed by atoms with Crippen molar-refractivity contribution in [1.29, 1.82) is 0 Å². The van der Waals surface area contributed by atoms with Gasteiger partial charge in [-0.1, -0.05) is 6.07 Å². The number of hydrogen-bond donors (Lipinski definition) is 3. The Bertz CT molecular complexity index is 496. The topological polar surface area (TPSA) is 82.0 Å². The van der Waals surface area contributed by atoms with Crippen LogP contribution in [0.1, 0.15) is 5.56 Å². The molecule has 0 bridgehead atoms. The van der Waals surface area contributed by atoms with Crippen LogP contribution in [0.15, 0.2) is 24.3 Å². The van der Waals surface area contributed by atoms with Gasteiger partial charge in [-0.25, -0.2) is 4.79 Å². The monoisotopic (exact) mass is 278 g/mol. The molecule has 0 aromatic heterocycles. The van der Waals surface area contributed by atoms with Crippen molar-refractivity contribution >= 4 is 12.0 Å². The maximum Gasteiger partial charge on any atom is 0.328 e. The first-order valence-corrected chi connectivity index (χ1v) is 6.45. The molecule has 20 heavy (non-hydrogen) atoms. The van der Waals surface area contributed by atoms with Crippen molar-refractivity contribution in [3.8, 4) is 11.5 Å². The number of hydrogen-bond acceptors (Lipinski definition) is 5. The maximum atomic E-state index is 10.5. The number of carboxylic acid groups (broad SMARTS) is 1. The maximum absolute atomic E-state index is 10.5. The van der Waals surface area contributed by atoms with E-state index in [1.165, 1.54) is 12.1 Å². The number of phenolic OH excluding ortho intramolecular Hbond substituents is 1. The van der Waals surface area contributed by atoms with Crippen LogP contribution in [0.4, 0.5) is 0 Å². The molecule has 0 radical (unpaired) electrons. The Balaban J connectivity index is 1.98. The Morgan fingerprint density at radius 3 is 2.85 bits per heavy atom. The summed E-state index contributed by atoms with van der Waals surface area (Å²) in [6.45, 7) is 4.06. The van der Waals surface area contributed by atoms with Crippen LogP contribution in [-0.4, -0.2) is 54.0 Å². The lowest BCUT2D eigenvalue weighted by molar-refractivity contribution is -0.131. The molecular formula is C14H18N2O4. The average molecular weight is 278 g/mol. The van der Waals surface area contributed by atoms with Gasteiger partial charge in [-0.05, 0) is 23.8 Å². The van der Waals surface area contributed by atoms with Crippen LogP contribution >= 0.6 is 0 Å². The highest BCUT2D eigenvalue weighted by Crippen LogP contribution is 2.27. The first-order valence-electron chi connectivity index (χ1n) is 6.45.